The predicted molar refractivity (Wildman–Crippen MR) is 115 cm³/mol. The highest BCUT2D eigenvalue weighted by Crippen LogP contribution is 2.29. The van der Waals surface area contributed by atoms with Crippen molar-refractivity contribution >= 4 is 46.2 Å². The number of hydrogen-bond donors (Lipinski definition) is 1. The van der Waals surface area contributed by atoms with Crippen LogP contribution in [0, 0.1) is 0 Å². The highest BCUT2D eigenvalue weighted by atomic mass is 35.5. The lowest BCUT2D eigenvalue weighted by atomic mass is 10.0. The molecule has 0 saturated carbocycles. The Morgan fingerprint density at radius 1 is 1.30 bits per heavy atom. The summed E-state index contributed by atoms with van der Waals surface area (Å²) in [5.74, 6) is -0.184. The van der Waals surface area contributed by atoms with Crippen LogP contribution >= 0.6 is 23.8 Å². The molecule has 0 aliphatic carbocycles. The normalized spacial score (nSPS) is 16.3. The fourth-order valence-electron chi connectivity index (χ4n) is 2.84. The number of anilines is 1. The maximum atomic E-state index is 13.1. The number of nitrogens with one attached hydrogen (secondary N) is 1. The molecule has 1 unspecified atom stereocenters. The number of halogens is 1. The molecule has 1 heterocycles. The van der Waals surface area contributed by atoms with Crippen LogP contribution in [0.5, 0.6) is 0 Å². The first-order valence-electron chi connectivity index (χ1n) is 8.64. The van der Waals surface area contributed by atoms with Crippen LogP contribution in [0.2, 0.25) is 5.02 Å². The summed E-state index contributed by atoms with van der Waals surface area (Å²) >= 11 is 11.7. The minimum absolute atomic E-state index is 0.184. The Kier molecular flexibility index (Phi) is 5.77. The Hall–Kier alpha value is -2.44. The quantitative estimate of drug-likeness (QED) is 0.803. The molecule has 7 heteroatoms. The van der Waals surface area contributed by atoms with Gasteiger partial charge in [-0.25, -0.2) is 4.99 Å². The Morgan fingerprint density at radius 2 is 2.00 bits per heavy atom. The summed E-state index contributed by atoms with van der Waals surface area (Å²) in [4.78, 5) is 21.3. The van der Waals surface area contributed by atoms with Gasteiger partial charge >= 0.3 is 0 Å². The van der Waals surface area contributed by atoms with Crippen LogP contribution in [0.25, 0.3) is 0 Å². The molecule has 2 aromatic rings. The van der Waals surface area contributed by atoms with Crippen molar-refractivity contribution in [1.29, 1.82) is 0 Å². The second-order valence-corrected chi connectivity index (χ2v) is 7.09. The minimum atomic E-state index is -0.821. The molecule has 27 heavy (non-hydrogen) atoms. The van der Waals surface area contributed by atoms with Crippen LogP contribution in [-0.4, -0.2) is 48.4 Å². The number of thiocarbonyl (C=S) groups is 1. The molecular weight excluding hydrogens is 380 g/mol. The van der Waals surface area contributed by atoms with E-state index in [4.69, 9.17) is 28.8 Å². The largest absolute Gasteiger partial charge is 0.353 e. The Bertz CT molecular complexity index is 900. The van der Waals surface area contributed by atoms with Gasteiger partial charge in [0.1, 0.15) is 0 Å². The van der Waals surface area contributed by atoms with Crippen molar-refractivity contribution < 1.29 is 4.79 Å². The standard InChI is InChI=1S/C20H21ClN4OS/c1-4-24(2)20(27)23-18-19(26)25(3)16-11-10-14(21)12-15(16)17(22-18)13-8-6-5-7-9-13/h5-12,18H,4H2,1-3H3,(H,23,27). The Labute approximate surface area is 169 Å². The third-order valence-corrected chi connectivity index (χ3v) is 5.19. The Balaban J connectivity index is 2.14. The van der Waals surface area contributed by atoms with Crippen LogP contribution < -0.4 is 10.2 Å². The molecule has 0 bridgehead atoms. The first kappa shape index (κ1) is 19.3. The van der Waals surface area contributed by atoms with Crippen LogP contribution in [0.4, 0.5) is 5.69 Å². The van der Waals surface area contributed by atoms with E-state index >= 15 is 0 Å². The Morgan fingerprint density at radius 3 is 2.67 bits per heavy atom. The van der Waals surface area contributed by atoms with Crippen molar-refractivity contribution in [3.05, 3.63) is 64.7 Å². The van der Waals surface area contributed by atoms with E-state index in [1.54, 1.807) is 18.0 Å². The van der Waals surface area contributed by atoms with Gasteiger partial charge in [-0.2, -0.15) is 0 Å². The lowest BCUT2D eigenvalue weighted by Gasteiger charge is -2.24. The molecule has 0 fully saturated rings. The third-order valence-electron chi connectivity index (χ3n) is 4.53. The van der Waals surface area contributed by atoms with Gasteiger partial charge in [-0.05, 0) is 37.3 Å². The molecule has 1 aliphatic heterocycles. The maximum absolute atomic E-state index is 13.1. The van der Waals surface area contributed by atoms with E-state index in [0.29, 0.717) is 15.8 Å². The lowest BCUT2D eigenvalue weighted by Crippen LogP contribution is -2.49. The monoisotopic (exact) mass is 400 g/mol. The zero-order chi connectivity index (χ0) is 19.6. The summed E-state index contributed by atoms with van der Waals surface area (Å²) in [5.41, 5.74) is 3.17. The van der Waals surface area contributed by atoms with Crippen molar-refractivity contribution in [1.82, 2.24) is 10.2 Å². The van der Waals surface area contributed by atoms with Crippen LogP contribution in [0.1, 0.15) is 18.1 Å². The first-order chi connectivity index (χ1) is 12.9. The van der Waals surface area contributed by atoms with Crippen LogP contribution in [0.3, 0.4) is 0 Å². The molecule has 0 aromatic heterocycles. The number of rotatable bonds is 3. The summed E-state index contributed by atoms with van der Waals surface area (Å²) in [6.45, 7) is 2.72. The summed E-state index contributed by atoms with van der Waals surface area (Å²) in [6, 6.07) is 15.2. The fraction of sp³-hybridized carbons (Fsp3) is 0.250. The molecule has 1 aliphatic rings. The van der Waals surface area contributed by atoms with E-state index in [1.165, 1.54) is 0 Å². The van der Waals surface area contributed by atoms with Gasteiger partial charge in [-0.1, -0.05) is 41.9 Å². The second kappa shape index (κ2) is 8.06. The van der Waals surface area contributed by atoms with Crippen molar-refractivity contribution in [3.63, 3.8) is 0 Å². The first-order valence-corrected chi connectivity index (χ1v) is 9.43. The van der Waals surface area contributed by atoms with Gasteiger partial charge in [0.05, 0.1) is 11.4 Å². The number of aliphatic imine (C=N–C) groups is 1. The van der Waals surface area contributed by atoms with E-state index in [-0.39, 0.29) is 5.91 Å². The van der Waals surface area contributed by atoms with Gasteiger partial charge in [0, 0.05) is 36.8 Å². The molecular formula is C20H21ClN4OS. The minimum Gasteiger partial charge on any atom is -0.353 e. The van der Waals surface area contributed by atoms with Gasteiger partial charge in [-0.15, -0.1) is 0 Å². The highest BCUT2D eigenvalue weighted by Gasteiger charge is 2.30. The topological polar surface area (TPSA) is 47.9 Å². The maximum Gasteiger partial charge on any atom is 0.272 e. The molecule has 0 saturated heterocycles. The summed E-state index contributed by atoms with van der Waals surface area (Å²) in [5, 5.41) is 4.15. The van der Waals surface area contributed by atoms with Gasteiger partial charge in [0.2, 0.25) is 6.17 Å². The van der Waals surface area contributed by atoms with Crippen molar-refractivity contribution in [3.8, 4) is 0 Å². The number of likely N-dealkylation sites (N-methyl/N-ethyl adjacent to an activating group) is 1. The van der Waals surface area contributed by atoms with Gasteiger partial charge in [0.15, 0.2) is 5.11 Å². The van der Waals surface area contributed by atoms with Gasteiger partial charge < -0.3 is 15.1 Å². The molecule has 1 atom stereocenters. The molecule has 0 radical (unpaired) electrons. The van der Waals surface area contributed by atoms with Gasteiger partial charge in [0.25, 0.3) is 5.91 Å². The molecule has 140 valence electrons. The summed E-state index contributed by atoms with van der Waals surface area (Å²) in [6.07, 6.45) is -0.821. The number of hydrogen-bond acceptors (Lipinski definition) is 3. The number of fused-ring (bicyclic) bond motifs is 1. The molecule has 2 aromatic carbocycles. The number of carbonyl (C=O) groups excluding carboxylic acids is 1. The number of nitrogens with zero attached hydrogens (tertiary/aromatic N) is 3. The van der Waals surface area contributed by atoms with Crippen molar-refractivity contribution in [2.45, 2.75) is 13.1 Å². The summed E-state index contributed by atoms with van der Waals surface area (Å²) < 4.78 is 0. The van der Waals surface area contributed by atoms with E-state index in [0.717, 1.165) is 23.4 Å². The third kappa shape index (κ3) is 3.96. The van der Waals surface area contributed by atoms with Crippen LogP contribution in [-0.2, 0) is 4.79 Å². The zero-order valence-corrected chi connectivity index (χ0v) is 17.0. The average Bonchev–Trinajstić information content (AvgIpc) is 2.78. The fourth-order valence-corrected chi connectivity index (χ4v) is 3.25. The highest BCUT2D eigenvalue weighted by molar-refractivity contribution is 7.80. The lowest BCUT2D eigenvalue weighted by molar-refractivity contribution is -0.119. The zero-order valence-electron chi connectivity index (χ0n) is 15.4. The van der Waals surface area contributed by atoms with Crippen molar-refractivity contribution in [2.75, 3.05) is 25.5 Å². The number of carbonyl (C=O) groups is 1. The van der Waals surface area contributed by atoms with Crippen molar-refractivity contribution in [2.24, 2.45) is 4.99 Å². The molecule has 5 nitrogen and oxygen atoms in total. The molecule has 0 spiro atoms. The second-order valence-electron chi connectivity index (χ2n) is 6.27. The smallest absolute Gasteiger partial charge is 0.272 e. The average molecular weight is 401 g/mol. The number of benzodiazepines with no additional fused rings is 1. The molecule has 1 N–H and O–H groups in total. The van der Waals surface area contributed by atoms with E-state index in [1.807, 2.05) is 61.3 Å². The van der Waals surface area contributed by atoms with Gasteiger partial charge in [-0.3, -0.25) is 4.79 Å². The van der Waals surface area contributed by atoms with Crippen LogP contribution in [0.15, 0.2) is 53.5 Å². The summed E-state index contributed by atoms with van der Waals surface area (Å²) in [7, 11) is 3.61. The SMILES string of the molecule is CCN(C)C(=S)NC1N=C(c2ccccc2)c2cc(Cl)ccc2N(C)C1=O. The predicted octanol–water partition coefficient (Wildman–Crippen LogP) is 3.31. The van der Waals surface area contributed by atoms with E-state index in [9.17, 15) is 4.79 Å². The number of benzene rings is 2. The molecule has 3 rings (SSSR count). The molecule has 1 amide bonds. The number of amides is 1. The van der Waals surface area contributed by atoms with E-state index < -0.39 is 6.17 Å². The van der Waals surface area contributed by atoms with E-state index in [2.05, 4.69) is 5.32 Å².